The van der Waals surface area contributed by atoms with Crippen LogP contribution in [0.4, 0.5) is 19.0 Å². The Bertz CT molecular complexity index is 530. The second-order valence-electron chi connectivity index (χ2n) is 4.61. The SMILES string of the molecule is CCC1(O)CN(c2nc(C(F)(F)F)ccc2C#N)C1. The van der Waals surface area contributed by atoms with Gasteiger partial charge in [0.2, 0.25) is 0 Å². The quantitative estimate of drug-likeness (QED) is 0.893. The van der Waals surface area contributed by atoms with Crippen LogP contribution in [0.2, 0.25) is 0 Å². The van der Waals surface area contributed by atoms with Crippen LogP contribution in [-0.2, 0) is 6.18 Å². The molecule has 0 atom stereocenters. The van der Waals surface area contributed by atoms with Crippen LogP contribution >= 0.6 is 0 Å². The van der Waals surface area contributed by atoms with E-state index in [1.165, 1.54) is 4.90 Å². The van der Waals surface area contributed by atoms with Crippen LogP contribution in [0.25, 0.3) is 0 Å². The van der Waals surface area contributed by atoms with Gasteiger partial charge in [-0.05, 0) is 18.6 Å². The van der Waals surface area contributed by atoms with Crippen molar-refractivity contribution in [3.8, 4) is 6.07 Å². The number of aliphatic hydroxyl groups is 1. The molecule has 2 heterocycles. The van der Waals surface area contributed by atoms with E-state index in [1.807, 2.05) is 6.07 Å². The van der Waals surface area contributed by atoms with E-state index in [1.54, 1.807) is 6.92 Å². The molecule has 1 aromatic heterocycles. The summed E-state index contributed by atoms with van der Waals surface area (Å²) in [5.41, 5.74) is -1.86. The van der Waals surface area contributed by atoms with E-state index in [2.05, 4.69) is 4.98 Å². The van der Waals surface area contributed by atoms with Crippen LogP contribution in [-0.4, -0.2) is 28.8 Å². The first-order valence-electron chi connectivity index (χ1n) is 5.75. The van der Waals surface area contributed by atoms with Gasteiger partial charge in [0.1, 0.15) is 17.6 Å². The number of nitrogens with zero attached hydrogens (tertiary/aromatic N) is 3. The lowest BCUT2D eigenvalue weighted by Crippen LogP contribution is -2.62. The van der Waals surface area contributed by atoms with Gasteiger partial charge >= 0.3 is 6.18 Å². The third-order valence-corrected chi connectivity index (χ3v) is 3.21. The molecule has 0 aliphatic carbocycles. The molecule has 0 radical (unpaired) electrons. The molecule has 0 amide bonds. The summed E-state index contributed by atoms with van der Waals surface area (Å²) < 4.78 is 37.8. The van der Waals surface area contributed by atoms with Gasteiger partial charge in [-0.3, -0.25) is 0 Å². The Balaban J connectivity index is 2.32. The van der Waals surface area contributed by atoms with Crippen molar-refractivity contribution in [3.05, 3.63) is 23.4 Å². The Labute approximate surface area is 108 Å². The van der Waals surface area contributed by atoms with Crippen LogP contribution in [0.5, 0.6) is 0 Å². The van der Waals surface area contributed by atoms with Crippen molar-refractivity contribution in [2.45, 2.75) is 25.1 Å². The normalized spacial score (nSPS) is 17.8. The van der Waals surface area contributed by atoms with Gasteiger partial charge in [0, 0.05) is 0 Å². The van der Waals surface area contributed by atoms with Gasteiger partial charge in [-0.1, -0.05) is 6.92 Å². The highest BCUT2D eigenvalue weighted by molar-refractivity contribution is 5.57. The van der Waals surface area contributed by atoms with Crippen LogP contribution in [0.1, 0.15) is 24.6 Å². The smallest absolute Gasteiger partial charge is 0.386 e. The summed E-state index contributed by atoms with van der Waals surface area (Å²) in [5.74, 6) is -0.0181. The molecule has 1 aliphatic heterocycles. The summed E-state index contributed by atoms with van der Waals surface area (Å²) in [5, 5.41) is 18.8. The molecule has 0 bridgehead atoms. The predicted octanol–water partition coefficient (Wildman–Crippen LogP) is 1.93. The molecular weight excluding hydrogens is 259 g/mol. The zero-order valence-electron chi connectivity index (χ0n) is 10.2. The molecular formula is C12H12F3N3O. The first kappa shape index (κ1) is 13.6. The fourth-order valence-electron chi connectivity index (χ4n) is 1.97. The van der Waals surface area contributed by atoms with Crippen molar-refractivity contribution in [2.75, 3.05) is 18.0 Å². The molecule has 102 valence electrons. The van der Waals surface area contributed by atoms with E-state index in [4.69, 9.17) is 5.26 Å². The number of alkyl halides is 3. The topological polar surface area (TPSA) is 60.1 Å². The summed E-state index contributed by atoms with van der Waals surface area (Å²) in [6.07, 6.45) is -4.04. The molecule has 4 nitrogen and oxygen atoms in total. The highest BCUT2D eigenvalue weighted by Crippen LogP contribution is 2.34. The predicted molar refractivity (Wildman–Crippen MR) is 61.4 cm³/mol. The molecule has 0 saturated carbocycles. The zero-order chi connectivity index (χ0) is 14.3. The van der Waals surface area contributed by atoms with Crippen molar-refractivity contribution in [3.63, 3.8) is 0 Å². The number of pyridine rings is 1. The summed E-state index contributed by atoms with van der Waals surface area (Å²) >= 11 is 0. The second kappa shape index (κ2) is 4.38. The van der Waals surface area contributed by atoms with Crippen LogP contribution < -0.4 is 4.90 Å². The number of halogens is 3. The van der Waals surface area contributed by atoms with E-state index in [0.29, 0.717) is 6.42 Å². The van der Waals surface area contributed by atoms with Crippen molar-refractivity contribution >= 4 is 5.82 Å². The Morgan fingerprint density at radius 3 is 2.58 bits per heavy atom. The fourth-order valence-corrected chi connectivity index (χ4v) is 1.97. The maximum Gasteiger partial charge on any atom is 0.433 e. The minimum atomic E-state index is -4.55. The Morgan fingerprint density at radius 2 is 2.11 bits per heavy atom. The Hall–Kier alpha value is -1.81. The largest absolute Gasteiger partial charge is 0.433 e. The standard InChI is InChI=1S/C12H12F3N3O/c1-2-11(19)6-18(7-11)10-8(5-16)3-4-9(17-10)12(13,14)15/h3-4,19H,2,6-7H2,1H3. The lowest BCUT2D eigenvalue weighted by molar-refractivity contribution is -0.141. The number of rotatable bonds is 2. The van der Waals surface area contributed by atoms with Gasteiger partial charge in [0.05, 0.1) is 24.3 Å². The summed E-state index contributed by atoms with van der Waals surface area (Å²) in [6.45, 7) is 2.17. The lowest BCUT2D eigenvalue weighted by atomic mass is 9.91. The minimum absolute atomic E-state index is 0.0181. The molecule has 1 aromatic rings. The van der Waals surface area contributed by atoms with E-state index < -0.39 is 17.5 Å². The van der Waals surface area contributed by atoms with Crippen LogP contribution in [0.15, 0.2) is 12.1 Å². The Kier molecular flexibility index (Phi) is 3.14. The van der Waals surface area contributed by atoms with Crippen LogP contribution in [0, 0.1) is 11.3 Å². The monoisotopic (exact) mass is 271 g/mol. The van der Waals surface area contributed by atoms with Crippen molar-refractivity contribution in [2.24, 2.45) is 0 Å². The number of β-amino-alcohol motifs (C(OH)–C–C–N with tert-alkyl or cyclic N) is 1. The number of hydrogen-bond acceptors (Lipinski definition) is 4. The van der Waals surface area contributed by atoms with Gasteiger partial charge < -0.3 is 10.0 Å². The van der Waals surface area contributed by atoms with Gasteiger partial charge in [0.15, 0.2) is 0 Å². The molecule has 7 heteroatoms. The third kappa shape index (κ3) is 2.49. The molecule has 0 aromatic carbocycles. The second-order valence-corrected chi connectivity index (χ2v) is 4.61. The van der Waals surface area contributed by atoms with Gasteiger partial charge in [0.25, 0.3) is 0 Å². The highest BCUT2D eigenvalue weighted by Gasteiger charge is 2.42. The average molecular weight is 271 g/mol. The number of hydrogen-bond donors (Lipinski definition) is 1. The van der Waals surface area contributed by atoms with Gasteiger partial charge in [-0.25, -0.2) is 4.98 Å². The molecule has 1 aliphatic rings. The first-order chi connectivity index (χ1) is 8.79. The van der Waals surface area contributed by atoms with E-state index in [9.17, 15) is 18.3 Å². The molecule has 1 saturated heterocycles. The number of nitriles is 1. The lowest BCUT2D eigenvalue weighted by Gasteiger charge is -2.47. The van der Waals surface area contributed by atoms with Gasteiger partial charge in [-0.15, -0.1) is 0 Å². The molecule has 19 heavy (non-hydrogen) atoms. The summed E-state index contributed by atoms with van der Waals surface area (Å²) in [6, 6.07) is 3.71. The number of anilines is 1. The summed E-state index contributed by atoms with van der Waals surface area (Å²) in [4.78, 5) is 4.99. The summed E-state index contributed by atoms with van der Waals surface area (Å²) in [7, 11) is 0. The van der Waals surface area contributed by atoms with Gasteiger partial charge in [-0.2, -0.15) is 18.4 Å². The first-order valence-corrected chi connectivity index (χ1v) is 5.75. The molecule has 1 fully saturated rings. The maximum absolute atomic E-state index is 12.6. The average Bonchev–Trinajstić information content (AvgIpc) is 2.33. The molecule has 1 N–H and O–H groups in total. The van der Waals surface area contributed by atoms with Crippen molar-refractivity contribution < 1.29 is 18.3 Å². The third-order valence-electron chi connectivity index (χ3n) is 3.21. The molecule has 2 rings (SSSR count). The highest BCUT2D eigenvalue weighted by atomic mass is 19.4. The van der Waals surface area contributed by atoms with E-state index in [-0.39, 0.29) is 24.5 Å². The zero-order valence-corrected chi connectivity index (χ0v) is 10.2. The van der Waals surface area contributed by atoms with E-state index >= 15 is 0 Å². The fraction of sp³-hybridized carbons (Fsp3) is 0.500. The van der Waals surface area contributed by atoms with Crippen molar-refractivity contribution in [1.29, 1.82) is 5.26 Å². The Morgan fingerprint density at radius 1 is 1.47 bits per heavy atom. The minimum Gasteiger partial charge on any atom is -0.386 e. The van der Waals surface area contributed by atoms with Crippen LogP contribution in [0.3, 0.4) is 0 Å². The maximum atomic E-state index is 12.6. The molecule has 0 unspecified atom stereocenters. The van der Waals surface area contributed by atoms with Crippen molar-refractivity contribution in [1.82, 2.24) is 4.98 Å². The van der Waals surface area contributed by atoms with E-state index in [0.717, 1.165) is 12.1 Å². The number of aromatic nitrogens is 1. The molecule has 0 spiro atoms.